The molecule has 0 aromatic heterocycles. The molecule has 1 aromatic rings. The molecule has 148 valence electrons. The summed E-state index contributed by atoms with van der Waals surface area (Å²) in [5, 5.41) is 3.39. The quantitative estimate of drug-likeness (QED) is 0.229. The monoisotopic (exact) mass is 475 g/mol. The van der Waals surface area contributed by atoms with E-state index in [1.807, 2.05) is 37.3 Å². The zero-order valence-electron chi connectivity index (χ0n) is 16.4. The van der Waals surface area contributed by atoms with Crippen molar-refractivity contribution in [3.8, 4) is 5.75 Å². The van der Waals surface area contributed by atoms with Crippen LogP contribution < -0.4 is 10.1 Å². The fourth-order valence-electron chi connectivity index (χ4n) is 2.73. The predicted molar refractivity (Wildman–Crippen MR) is 119 cm³/mol. The number of hydrogen-bond acceptors (Lipinski definition) is 3. The van der Waals surface area contributed by atoms with Crippen molar-refractivity contribution in [1.82, 2.24) is 10.2 Å². The average Bonchev–Trinajstić information content (AvgIpc) is 3.40. The molecule has 0 bridgehead atoms. The van der Waals surface area contributed by atoms with Crippen molar-refractivity contribution >= 4 is 29.9 Å². The number of nitrogens with one attached hydrogen (secondary N) is 1. The van der Waals surface area contributed by atoms with Crippen molar-refractivity contribution in [3.63, 3.8) is 0 Å². The third kappa shape index (κ3) is 8.12. The molecule has 5 nitrogen and oxygen atoms in total. The Balaban J connectivity index is 0.00000338. The Hall–Kier alpha value is -1.02. The largest absolute Gasteiger partial charge is 0.492 e. The van der Waals surface area contributed by atoms with Crippen LogP contribution in [0.25, 0.3) is 0 Å². The van der Waals surface area contributed by atoms with Gasteiger partial charge in [-0.2, -0.15) is 0 Å². The maximum atomic E-state index is 5.79. The molecule has 1 aromatic carbocycles. The van der Waals surface area contributed by atoms with E-state index >= 15 is 0 Å². The summed E-state index contributed by atoms with van der Waals surface area (Å²) < 4.78 is 11.3. The molecular formula is C20H34IN3O2. The molecule has 0 radical (unpaired) electrons. The summed E-state index contributed by atoms with van der Waals surface area (Å²) in [6.45, 7) is 8.99. The molecule has 6 heteroatoms. The van der Waals surface area contributed by atoms with E-state index in [9.17, 15) is 0 Å². The lowest BCUT2D eigenvalue weighted by molar-refractivity contribution is 0.129. The average molecular weight is 475 g/mol. The van der Waals surface area contributed by atoms with Crippen LogP contribution in [0.5, 0.6) is 5.75 Å². The fourth-order valence-corrected chi connectivity index (χ4v) is 2.73. The standard InChI is InChI=1S/C20H33N3O2.HI/c1-4-21-19(22-17-20(11-12-20)13-15-24-5-2)23(3)14-16-25-18-9-7-6-8-10-18;/h6-10H,4-5,11-17H2,1-3H3,(H,21,22);1H. The zero-order valence-corrected chi connectivity index (χ0v) is 18.7. The highest BCUT2D eigenvalue weighted by molar-refractivity contribution is 14.0. The van der Waals surface area contributed by atoms with Crippen molar-refractivity contribution in [1.29, 1.82) is 0 Å². The molecule has 1 N–H and O–H groups in total. The van der Waals surface area contributed by atoms with Crippen molar-refractivity contribution in [3.05, 3.63) is 30.3 Å². The van der Waals surface area contributed by atoms with Gasteiger partial charge in [-0.15, -0.1) is 24.0 Å². The molecule has 0 amide bonds. The molecule has 2 rings (SSSR count). The third-order valence-corrected chi connectivity index (χ3v) is 4.64. The van der Waals surface area contributed by atoms with Crippen LogP contribution in [0.1, 0.15) is 33.1 Å². The smallest absolute Gasteiger partial charge is 0.193 e. The van der Waals surface area contributed by atoms with E-state index in [1.165, 1.54) is 12.8 Å². The van der Waals surface area contributed by atoms with Crippen molar-refractivity contribution in [2.24, 2.45) is 10.4 Å². The molecule has 1 aliphatic rings. The first kappa shape index (κ1) is 23.0. The maximum Gasteiger partial charge on any atom is 0.193 e. The van der Waals surface area contributed by atoms with E-state index in [2.05, 4.69) is 24.2 Å². The van der Waals surface area contributed by atoms with Gasteiger partial charge in [-0.1, -0.05) is 18.2 Å². The Morgan fingerprint density at radius 3 is 2.54 bits per heavy atom. The Morgan fingerprint density at radius 1 is 1.19 bits per heavy atom. The van der Waals surface area contributed by atoms with Gasteiger partial charge in [0.1, 0.15) is 12.4 Å². The van der Waals surface area contributed by atoms with E-state index in [1.54, 1.807) is 0 Å². The van der Waals surface area contributed by atoms with Gasteiger partial charge in [-0.25, -0.2) is 0 Å². The summed E-state index contributed by atoms with van der Waals surface area (Å²) in [6.07, 6.45) is 3.65. The van der Waals surface area contributed by atoms with E-state index in [4.69, 9.17) is 14.5 Å². The van der Waals surface area contributed by atoms with Gasteiger partial charge >= 0.3 is 0 Å². The topological polar surface area (TPSA) is 46.1 Å². The summed E-state index contributed by atoms with van der Waals surface area (Å²) in [4.78, 5) is 7.02. The SMILES string of the molecule is CCNC(=NCC1(CCOCC)CC1)N(C)CCOc1ccccc1.I. The van der Waals surface area contributed by atoms with E-state index in [-0.39, 0.29) is 24.0 Å². The second-order valence-electron chi connectivity index (χ2n) is 6.70. The number of rotatable bonds is 11. The van der Waals surface area contributed by atoms with Gasteiger partial charge in [0.2, 0.25) is 0 Å². The number of nitrogens with zero attached hydrogens (tertiary/aromatic N) is 2. The van der Waals surface area contributed by atoms with Crippen molar-refractivity contribution in [2.75, 3.05) is 46.5 Å². The lowest BCUT2D eigenvalue weighted by Crippen LogP contribution is -2.41. The minimum atomic E-state index is 0. The lowest BCUT2D eigenvalue weighted by atomic mass is 10.0. The molecule has 1 saturated carbocycles. The van der Waals surface area contributed by atoms with Crippen LogP contribution in [0.3, 0.4) is 0 Å². The minimum absolute atomic E-state index is 0. The summed E-state index contributed by atoms with van der Waals surface area (Å²) in [5.41, 5.74) is 0.372. The van der Waals surface area contributed by atoms with Crippen molar-refractivity contribution < 1.29 is 9.47 Å². The first-order valence-electron chi connectivity index (χ1n) is 9.44. The number of halogens is 1. The number of hydrogen-bond donors (Lipinski definition) is 1. The molecule has 0 spiro atoms. The first-order chi connectivity index (χ1) is 12.2. The molecule has 0 saturated heterocycles. The third-order valence-electron chi connectivity index (χ3n) is 4.64. The summed E-state index contributed by atoms with van der Waals surface area (Å²) >= 11 is 0. The van der Waals surface area contributed by atoms with Gasteiger partial charge in [-0.3, -0.25) is 4.99 Å². The van der Waals surface area contributed by atoms with Gasteiger partial charge in [0.25, 0.3) is 0 Å². The molecule has 26 heavy (non-hydrogen) atoms. The van der Waals surface area contributed by atoms with Crippen LogP contribution in [-0.4, -0.2) is 57.4 Å². The Labute approximate surface area is 175 Å². The van der Waals surface area contributed by atoms with Crippen LogP contribution in [-0.2, 0) is 4.74 Å². The van der Waals surface area contributed by atoms with Crippen LogP contribution in [0.4, 0.5) is 0 Å². The van der Waals surface area contributed by atoms with Crippen molar-refractivity contribution in [2.45, 2.75) is 33.1 Å². The van der Waals surface area contributed by atoms with Crippen LogP contribution in [0, 0.1) is 5.41 Å². The normalized spacial score (nSPS) is 15.1. The second kappa shape index (κ2) is 12.4. The Kier molecular flexibility index (Phi) is 11.0. The Bertz CT molecular complexity index is 521. The van der Waals surface area contributed by atoms with E-state index in [0.717, 1.165) is 51.0 Å². The molecular weight excluding hydrogens is 441 g/mol. The van der Waals surface area contributed by atoms with Gasteiger partial charge in [0, 0.05) is 33.4 Å². The van der Waals surface area contributed by atoms with Gasteiger partial charge in [-0.05, 0) is 50.7 Å². The fraction of sp³-hybridized carbons (Fsp3) is 0.650. The van der Waals surface area contributed by atoms with Gasteiger partial charge < -0.3 is 19.7 Å². The highest BCUT2D eigenvalue weighted by Crippen LogP contribution is 2.49. The van der Waals surface area contributed by atoms with Crippen LogP contribution in [0.2, 0.25) is 0 Å². The number of likely N-dealkylation sites (N-methyl/N-ethyl adjacent to an activating group) is 1. The number of aliphatic imine (C=N–C) groups is 1. The Morgan fingerprint density at radius 2 is 1.92 bits per heavy atom. The second-order valence-corrected chi connectivity index (χ2v) is 6.70. The summed E-state index contributed by atoms with van der Waals surface area (Å²) in [6, 6.07) is 9.93. The minimum Gasteiger partial charge on any atom is -0.492 e. The van der Waals surface area contributed by atoms with Gasteiger partial charge in [0.15, 0.2) is 5.96 Å². The molecule has 0 aliphatic heterocycles. The molecule has 1 aliphatic carbocycles. The molecule has 1 fully saturated rings. The number of para-hydroxylation sites is 1. The maximum absolute atomic E-state index is 5.79. The van der Waals surface area contributed by atoms with Crippen LogP contribution in [0.15, 0.2) is 35.3 Å². The van der Waals surface area contributed by atoms with E-state index in [0.29, 0.717) is 12.0 Å². The summed E-state index contributed by atoms with van der Waals surface area (Å²) in [5.74, 6) is 1.87. The number of ether oxygens (including phenoxy) is 2. The molecule has 0 unspecified atom stereocenters. The molecule has 0 heterocycles. The van der Waals surface area contributed by atoms with Crippen LogP contribution >= 0.6 is 24.0 Å². The number of guanidine groups is 1. The first-order valence-corrected chi connectivity index (χ1v) is 9.44. The highest BCUT2D eigenvalue weighted by atomic mass is 127. The molecule has 0 atom stereocenters. The zero-order chi connectivity index (χ0) is 18.0. The van der Waals surface area contributed by atoms with E-state index < -0.39 is 0 Å². The highest BCUT2D eigenvalue weighted by Gasteiger charge is 2.42. The van der Waals surface area contributed by atoms with Gasteiger partial charge in [0.05, 0.1) is 6.54 Å². The lowest BCUT2D eigenvalue weighted by Gasteiger charge is -2.23. The predicted octanol–water partition coefficient (Wildman–Crippen LogP) is 3.79. The number of benzene rings is 1. The summed E-state index contributed by atoms with van der Waals surface area (Å²) in [7, 11) is 2.07.